The Balaban J connectivity index is 1.50. The van der Waals surface area contributed by atoms with Gasteiger partial charge in [-0.3, -0.25) is 9.59 Å². The van der Waals surface area contributed by atoms with Crippen LogP contribution in [0, 0.1) is 0 Å². The lowest BCUT2D eigenvalue weighted by Gasteiger charge is -2.29. The average molecular weight is 419 g/mol. The largest absolute Gasteiger partial charge is 0.353 e. The van der Waals surface area contributed by atoms with Crippen LogP contribution in [0.1, 0.15) is 19.3 Å². The van der Waals surface area contributed by atoms with Crippen LogP contribution in [0.25, 0.3) is 10.8 Å². The van der Waals surface area contributed by atoms with E-state index in [0.29, 0.717) is 13.1 Å². The molecule has 1 aliphatic heterocycles. The lowest BCUT2D eigenvalue weighted by atomic mass is 10.1. The van der Waals surface area contributed by atoms with Crippen LogP contribution < -0.4 is 15.8 Å². The zero-order valence-corrected chi connectivity index (χ0v) is 17.0. The minimum Gasteiger partial charge on any atom is -0.353 e. The minimum atomic E-state index is -3.84. The second-order valence-electron chi connectivity index (χ2n) is 7.13. The summed E-state index contributed by atoms with van der Waals surface area (Å²) in [6.07, 6.45) is 3.02. The maximum Gasteiger partial charge on any atom is 0.241 e. The molecule has 1 fully saturated rings. The molecule has 2 amide bonds. The predicted octanol–water partition coefficient (Wildman–Crippen LogP) is 0.574. The van der Waals surface area contributed by atoms with Gasteiger partial charge in [-0.2, -0.15) is 0 Å². The van der Waals surface area contributed by atoms with Crippen molar-refractivity contribution in [3.05, 3.63) is 42.5 Å². The third kappa shape index (κ3) is 5.53. The average Bonchev–Trinajstić information content (AvgIpc) is 2.75. The molecule has 29 heavy (non-hydrogen) atoms. The van der Waals surface area contributed by atoms with Gasteiger partial charge in [0.1, 0.15) is 6.04 Å². The summed E-state index contributed by atoms with van der Waals surface area (Å²) in [5, 5.41) is 4.24. The molecular weight excluding hydrogens is 392 g/mol. The summed E-state index contributed by atoms with van der Waals surface area (Å²) in [7, 11) is -3.84. The Labute approximate surface area is 170 Å². The van der Waals surface area contributed by atoms with E-state index in [4.69, 9.17) is 5.73 Å². The number of amides is 2. The van der Waals surface area contributed by atoms with E-state index in [9.17, 15) is 18.0 Å². The number of nitrogens with zero attached hydrogens (tertiary/aromatic N) is 1. The summed E-state index contributed by atoms with van der Waals surface area (Å²) in [6.45, 7) is 0.906. The molecule has 0 saturated carbocycles. The molecule has 1 atom stereocenters. The molecule has 1 unspecified atom stereocenters. The molecule has 0 aliphatic carbocycles. The number of likely N-dealkylation sites (tertiary alicyclic amines) is 1. The minimum absolute atomic E-state index is 0.0358. The van der Waals surface area contributed by atoms with Gasteiger partial charge in [0.25, 0.3) is 0 Å². The highest BCUT2D eigenvalue weighted by Crippen LogP contribution is 2.18. The van der Waals surface area contributed by atoms with Crippen LogP contribution in [0.2, 0.25) is 0 Å². The van der Waals surface area contributed by atoms with Crippen LogP contribution >= 0.6 is 0 Å². The summed E-state index contributed by atoms with van der Waals surface area (Å²) in [6, 6.07) is 11.3. The molecule has 1 saturated heterocycles. The molecule has 0 radical (unpaired) electrons. The number of hydrogen-bond acceptors (Lipinski definition) is 5. The van der Waals surface area contributed by atoms with Crippen molar-refractivity contribution >= 4 is 32.6 Å². The number of sulfonamides is 1. The molecule has 4 N–H and O–H groups in total. The van der Waals surface area contributed by atoms with Crippen molar-refractivity contribution in [1.29, 1.82) is 0 Å². The first-order valence-corrected chi connectivity index (χ1v) is 11.1. The summed E-state index contributed by atoms with van der Waals surface area (Å²) in [5.74, 6) is -0.738. The highest BCUT2D eigenvalue weighted by atomic mass is 32.2. The van der Waals surface area contributed by atoms with Gasteiger partial charge in [0, 0.05) is 19.6 Å². The van der Waals surface area contributed by atoms with Crippen LogP contribution in [0.5, 0.6) is 0 Å². The van der Waals surface area contributed by atoms with E-state index in [-0.39, 0.29) is 17.3 Å². The third-order valence-corrected chi connectivity index (χ3v) is 6.36. The van der Waals surface area contributed by atoms with E-state index in [2.05, 4.69) is 10.0 Å². The topological polar surface area (TPSA) is 122 Å². The monoisotopic (exact) mass is 418 g/mol. The number of benzene rings is 2. The quantitative estimate of drug-likeness (QED) is 0.607. The molecule has 2 aromatic carbocycles. The number of carbonyl (C=O) groups excluding carboxylic acids is 2. The molecule has 0 bridgehead atoms. The van der Waals surface area contributed by atoms with E-state index in [1.165, 1.54) is 6.07 Å². The van der Waals surface area contributed by atoms with Crippen LogP contribution in [0.3, 0.4) is 0 Å². The highest BCUT2D eigenvalue weighted by Gasteiger charge is 2.23. The van der Waals surface area contributed by atoms with Crippen molar-refractivity contribution < 1.29 is 18.0 Å². The zero-order chi connectivity index (χ0) is 20.9. The van der Waals surface area contributed by atoms with Crippen LogP contribution in [0.15, 0.2) is 47.4 Å². The van der Waals surface area contributed by atoms with Gasteiger partial charge in [-0.1, -0.05) is 30.3 Å². The first-order valence-electron chi connectivity index (χ1n) is 9.66. The van der Waals surface area contributed by atoms with Gasteiger partial charge in [0.05, 0.1) is 11.4 Å². The third-order valence-electron chi connectivity index (χ3n) is 4.96. The maximum atomic E-state index is 12.5. The molecule has 0 aromatic heterocycles. The van der Waals surface area contributed by atoms with Gasteiger partial charge in [0.2, 0.25) is 21.8 Å². The van der Waals surface area contributed by atoms with Gasteiger partial charge < -0.3 is 16.0 Å². The first-order chi connectivity index (χ1) is 13.9. The lowest BCUT2D eigenvalue weighted by molar-refractivity contribution is -0.133. The SMILES string of the molecule is NC(CNC(=O)CNS(=O)(=O)c1ccc2ccccc2c1)C(=O)N1CCCCC1. The molecule has 3 rings (SSSR count). The fourth-order valence-corrected chi connectivity index (χ4v) is 4.32. The maximum absolute atomic E-state index is 12.5. The standard InChI is InChI=1S/C20H26N4O4S/c21-18(20(26)24-10-4-1-5-11-24)13-22-19(25)14-23-29(27,28)17-9-8-15-6-2-3-7-16(15)12-17/h2-3,6-9,12,18,23H,1,4-5,10-11,13-14,21H2,(H,22,25). The van der Waals surface area contributed by atoms with Crippen molar-refractivity contribution in [3.8, 4) is 0 Å². The number of fused-ring (bicyclic) bond motifs is 1. The molecule has 2 aromatic rings. The van der Waals surface area contributed by atoms with Crippen LogP contribution in [-0.4, -0.2) is 57.4 Å². The lowest BCUT2D eigenvalue weighted by Crippen LogP contribution is -2.51. The molecule has 156 valence electrons. The van der Waals surface area contributed by atoms with Gasteiger partial charge >= 0.3 is 0 Å². The molecular formula is C20H26N4O4S. The number of hydrogen-bond donors (Lipinski definition) is 3. The van der Waals surface area contributed by atoms with Crippen LogP contribution in [-0.2, 0) is 19.6 Å². The molecule has 1 aliphatic rings. The van der Waals surface area contributed by atoms with Gasteiger partial charge in [-0.15, -0.1) is 0 Å². The van der Waals surface area contributed by atoms with Crippen molar-refractivity contribution in [2.75, 3.05) is 26.2 Å². The molecule has 9 heteroatoms. The van der Waals surface area contributed by atoms with E-state index < -0.39 is 28.5 Å². The summed E-state index contributed by atoms with van der Waals surface area (Å²) < 4.78 is 27.2. The molecule has 1 heterocycles. The smallest absolute Gasteiger partial charge is 0.241 e. The van der Waals surface area contributed by atoms with Gasteiger partial charge in [-0.25, -0.2) is 13.1 Å². The summed E-state index contributed by atoms with van der Waals surface area (Å²) in [5.41, 5.74) is 5.88. The van der Waals surface area contributed by atoms with Gasteiger partial charge in [0.15, 0.2) is 0 Å². The number of rotatable bonds is 7. The van der Waals surface area contributed by atoms with Crippen molar-refractivity contribution in [1.82, 2.24) is 14.9 Å². The van der Waals surface area contributed by atoms with Gasteiger partial charge in [-0.05, 0) is 42.2 Å². The molecule has 0 spiro atoms. The Kier molecular flexibility index (Phi) is 6.83. The Morgan fingerprint density at radius 3 is 2.45 bits per heavy atom. The fourth-order valence-electron chi connectivity index (χ4n) is 3.30. The zero-order valence-electron chi connectivity index (χ0n) is 16.1. The second-order valence-corrected chi connectivity index (χ2v) is 8.90. The van der Waals surface area contributed by atoms with Crippen molar-refractivity contribution in [2.45, 2.75) is 30.2 Å². The number of nitrogens with two attached hydrogens (primary N) is 1. The summed E-state index contributed by atoms with van der Waals surface area (Å²) in [4.78, 5) is 26.1. The van der Waals surface area contributed by atoms with Crippen molar-refractivity contribution in [3.63, 3.8) is 0 Å². The van der Waals surface area contributed by atoms with E-state index in [1.54, 1.807) is 17.0 Å². The van der Waals surface area contributed by atoms with Crippen molar-refractivity contribution in [2.24, 2.45) is 5.73 Å². The Morgan fingerprint density at radius 2 is 1.72 bits per heavy atom. The molecule has 8 nitrogen and oxygen atoms in total. The van der Waals surface area contributed by atoms with E-state index in [1.807, 2.05) is 24.3 Å². The van der Waals surface area contributed by atoms with E-state index >= 15 is 0 Å². The number of nitrogens with one attached hydrogen (secondary N) is 2. The predicted molar refractivity (Wildman–Crippen MR) is 111 cm³/mol. The number of carbonyl (C=O) groups is 2. The fraction of sp³-hybridized carbons (Fsp3) is 0.400. The Morgan fingerprint density at radius 1 is 1.03 bits per heavy atom. The Hall–Kier alpha value is -2.49. The van der Waals surface area contributed by atoms with E-state index in [0.717, 1.165) is 30.0 Å². The summed E-state index contributed by atoms with van der Waals surface area (Å²) >= 11 is 0. The second kappa shape index (κ2) is 9.34. The normalized spacial score (nSPS) is 15.8. The Bertz CT molecular complexity index is 987. The number of piperidine rings is 1. The van der Waals surface area contributed by atoms with Crippen LogP contribution in [0.4, 0.5) is 0 Å². The highest BCUT2D eigenvalue weighted by molar-refractivity contribution is 7.89. The first kappa shape index (κ1) is 21.2.